The van der Waals surface area contributed by atoms with E-state index in [4.69, 9.17) is 22.1 Å². The molecule has 0 heterocycles. The highest BCUT2D eigenvalue weighted by molar-refractivity contribution is 14.0. The topological polar surface area (TPSA) is 79.9 Å². The van der Waals surface area contributed by atoms with Gasteiger partial charge in [-0.25, -0.2) is 0 Å². The van der Waals surface area contributed by atoms with Crippen molar-refractivity contribution < 1.29 is 9.84 Å². The van der Waals surface area contributed by atoms with Crippen molar-refractivity contribution in [3.63, 3.8) is 0 Å². The van der Waals surface area contributed by atoms with Gasteiger partial charge in [-0.1, -0.05) is 48.0 Å². The van der Waals surface area contributed by atoms with Gasteiger partial charge in [-0.15, -0.1) is 24.0 Å². The minimum Gasteiger partial charge on any atom is -0.386 e. The molecule has 24 heavy (non-hydrogen) atoms. The number of para-hydroxylation sites is 1. The van der Waals surface area contributed by atoms with Crippen LogP contribution in [0.5, 0.6) is 0 Å². The third-order valence-corrected chi connectivity index (χ3v) is 3.62. The Morgan fingerprint density at radius 3 is 2.62 bits per heavy atom. The Bertz CT molecular complexity index is 682. The van der Waals surface area contributed by atoms with Gasteiger partial charge in [0.25, 0.3) is 0 Å². The van der Waals surface area contributed by atoms with Crippen LogP contribution in [0.4, 0.5) is 5.69 Å². The van der Waals surface area contributed by atoms with Gasteiger partial charge in [0.1, 0.15) is 6.10 Å². The lowest BCUT2D eigenvalue weighted by Crippen LogP contribution is -2.24. The molecule has 2 aromatic carbocycles. The second-order valence-corrected chi connectivity index (χ2v) is 5.39. The maximum atomic E-state index is 10.2. The van der Waals surface area contributed by atoms with E-state index >= 15 is 0 Å². The molecule has 0 aromatic heterocycles. The number of methoxy groups -OCH3 is 1. The third-order valence-electron chi connectivity index (χ3n) is 3.28. The molecule has 2 aromatic rings. The molecule has 0 aliphatic heterocycles. The average molecular weight is 462 g/mol. The number of rotatable bonds is 6. The van der Waals surface area contributed by atoms with Crippen molar-refractivity contribution in [3.05, 3.63) is 64.7 Å². The molecule has 5 nitrogen and oxygen atoms in total. The maximum Gasteiger partial charge on any atom is 0.193 e. The summed E-state index contributed by atoms with van der Waals surface area (Å²) in [5, 5.41) is 13.7. The van der Waals surface area contributed by atoms with E-state index in [1.165, 1.54) is 0 Å². The van der Waals surface area contributed by atoms with Crippen LogP contribution in [0, 0.1) is 0 Å². The molecule has 1 unspecified atom stereocenters. The Hall–Kier alpha value is -1.35. The molecule has 4 N–H and O–H groups in total. The van der Waals surface area contributed by atoms with E-state index in [0.717, 1.165) is 11.3 Å². The zero-order chi connectivity index (χ0) is 16.7. The van der Waals surface area contributed by atoms with Gasteiger partial charge in [0.05, 0.1) is 13.2 Å². The molecule has 0 spiro atoms. The number of hydrogen-bond donors (Lipinski definition) is 3. The molecule has 130 valence electrons. The van der Waals surface area contributed by atoms with Crippen molar-refractivity contribution in [1.82, 2.24) is 0 Å². The summed E-state index contributed by atoms with van der Waals surface area (Å²) in [5.74, 6) is 0.222. The van der Waals surface area contributed by atoms with Crippen molar-refractivity contribution in [2.45, 2.75) is 12.7 Å². The zero-order valence-corrected chi connectivity index (χ0v) is 16.4. The molecule has 0 radical (unpaired) electrons. The first-order valence-electron chi connectivity index (χ1n) is 7.18. The number of guanidine groups is 1. The van der Waals surface area contributed by atoms with Crippen molar-refractivity contribution in [3.8, 4) is 0 Å². The van der Waals surface area contributed by atoms with Gasteiger partial charge in [0, 0.05) is 28.9 Å². The monoisotopic (exact) mass is 461 g/mol. The minimum absolute atomic E-state index is 0. The van der Waals surface area contributed by atoms with E-state index in [-0.39, 0.29) is 36.5 Å². The molecule has 0 amide bonds. The molecule has 1 atom stereocenters. The van der Waals surface area contributed by atoms with Crippen LogP contribution in [0.25, 0.3) is 0 Å². The van der Waals surface area contributed by atoms with Crippen molar-refractivity contribution >= 4 is 47.2 Å². The maximum absolute atomic E-state index is 10.2. The number of aliphatic imine (C=N–C) groups is 1. The number of nitrogens with zero attached hydrogens (tertiary/aromatic N) is 1. The molecule has 0 fully saturated rings. The van der Waals surface area contributed by atoms with Crippen LogP contribution < -0.4 is 11.1 Å². The highest BCUT2D eigenvalue weighted by Crippen LogP contribution is 2.22. The number of aliphatic hydroxyl groups excluding tert-OH is 1. The quantitative estimate of drug-likeness (QED) is 0.349. The molecule has 0 saturated carbocycles. The second kappa shape index (κ2) is 10.5. The molecular weight excluding hydrogens is 441 g/mol. The standard InChI is InChI=1S/C17H20ClN3O2.HI/c1-23-11-12-6-2-5-9-15(12)21-17(19)20-10-16(22)13-7-3-4-8-14(13)18;/h2-9,16,22H,10-11H2,1H3,(H3,19,20,21);1H. The highest BCUT2D eigenvalue weighted by Gasteiger charge is 2.10. The number of anilines is 1. The van der Waals surface area contributed by atoms with Crippen LogP contribution in [0.3, 0.4) is 0 Å². The van der Waals surface area contributed by atoms with E-state index in [9.17, 15) is 5.11 Å². The van der Waals surface area contributed by atoms with Crippen molar-refractivity contribution in [1.29, 1.82) is 0 Å². The summed E-state index contributed by atoms with van der Waals surface area (Å²) >= 11 is 6.05. The Balaban J connectivity index is 0.00000288. The van der Waals surface area contributed by atoms with Crippen LogP contribution in [-0.2, 0) is 11.3 Å². The molecule has 2 rings (SSSR count). The Morgan fingerprint density at radius 1 is 1.25 bits per heavy atom. The molecule has 0 aliphatic carbocycles. The van der Waals surface area contributed by atoms with Crippen LogP contribution in [0.1, 0.15) is 17.2 Å². The predicted octanol–water partition coefficient (Wildman–Crippen LogP) is 3.56. The lowest BCUT2D eigenvalue weighted by Gasteiger charge is -2.13. The third kappa shape index (κ3) is 5.94. The van der Waals surface area contributed by atoms with Crippen molar-refractivity contribution in [2.75, 3.05) is 19.0 Å². The van der Waals surface area contributed by atoms with Crippen LogP contribution in [-0.4, -0.2) is 24.7 Å². The molecule has 0 saturated heterocycles. The first-order chi connectivity index (χ1) is 11.1. The highest BCUT2D eigenvalue weighted by atomic mass is 127. The molecule has 0 aliphatic rings. The molecule has 7 heteroatoms. The van der Waals surface area contributed by atoms with Gasteiger partial charge < -0.3 is 20.9 Å². The normalized spacial score (nSPS) is 12.4. The number of ether oxygens (including phenoxy) is 1. The van der Waals surface area contributed by atoms with E-state index < -0.39 is 6.10 Å². The summed E-state index contributed by atoms with van der Waals surface area (Å²) in [4.78, 5) is 4.17. The number of halogens is 2. The fraction of sp³-hybridized carbons (Fsp3) is 0.235. The van der Waals surface area contributed by atoms with Gasteiger partial charge in [-0.05, 0) is 12.1 Å². The summed E-state index contributed by atoms with van der Waals surface area (Å²) in [5.41, 5.74) is 8.31. The lowest BCUT2D eigenvalue weighted by atomic mass is 10.1. The van der Waals surface area contributed by atoms with Gasteiger partial charge in [0.15, 0.2) is 5.96 Å². The Morgan fingerprint density at radius 2 is 1.92 bits per heavy atom. The van der Waals surface area contributed by atoms with E-state index in [1.807, 2.05) is 36.4 Å². The second-order valence-electron chi connectivity index (χ2n) is 4.98. The zero-order valence-electron chi connectivity index (χ0n) is 13.3. The Kier molecular flexibility index (Phi) is 9.05. The van der Waals surface area contributed by atoms with Gasteiger partial charge >= 0.3 is 0 Å². The van der Waals surface area contributed by atoms with Gasteiger partial charge in [-0.3, -0.25) is 4.99 Å². The van der Waals surface area contributed by atoms with Crippen LogP contribution in [0.2, 0.25) is 5.02 Å². The smallest absolute Gasteiger partial charge is 0.193 e. The number of nitrogens with two attached hydrogens (primary N) is 1. The summed E-state index contributed by atoms with van der Waals surface area (Å²) in [6.45, 7) is 0.591. The fourth-order valence-corrected chi connectivity index (χ4v) is 2.39. The lowest BCUT2D eigenvalue weighted by molar-refractivity contribution is 0.185. The predicted molar refractivity (Wildman–Crippen MR) is 109 cm³/mol. The van der Waals surface area contributed by atoms with Gasteiger partial charge in [-0.2, -0.15) is 0 Å². The minimum atomic E-state index is -0.807. The number of nitrogens with one attached hydrogen (secondary N) is 1. The SMILES string of the molecule is COCc1ccccc1NC(N)=NCC(O)c1ccccc1Cl.I. The molecular formula is C17H21ClIN3O2. The largest absolute Gasteiger partial charge is 0.386 e. The van der Waals surface area contributed by atoms with Crippen molar-refractivity contribution in [2.24, 2.45) is 10.7 Å². The summed E-state index contributed by atoms with van der Waals surface area (Å²) in [6.07, 6.45) is -0.807. The summed E-state index contributed by atoms with van der Waals surface area (Å²) < 4.78 is 5.14. The van der Waals surface area contributed by atoms with Gasteiger partial charge in [0.2, 0.25) is 0 Å². The number of benzene rings is 2. The van der Waals surface area contributed by atoms with E-state index in [0.29, 0.717) is 17.2 Å². The van der Waals surface area contributed by atoms with E-state index in [2.05, 4.69) is 10.3 Å². The summed E-state index contributed by atoms with van der Waals surface area (Å²) in [6, 6.07) is 14.8. The number of hydrogen-bond acceptors (Lipinski definition) is 3. The Labute approximate surface area is 163 Å². The summed E-state index contributed by atoms with van der Waals surface area (Å²) in [7, 11) is 1.63. The first kappa shape index (κ1) is 20.7. The number of aliphatic hydroxyl groups is 1. The van der Waals surface area contributed by atoms with E-state index in [1.54, 1.807) is 19.2 Å². The van der Waals surface area contributed by atoms with Crippen LogP contribution in [0.15, 0.2) is 53.5 Å². The fourth-order valence-electron chi connectivity index (χ4n) is 2.13. The molecule has 0 bridgehead atoms. The first-order valence-corrected chi connectivity index (χ1v) is 7.56. The van der Waals surface area contributed by atoms with Crippen LogP contribution >= 0.6 is 35.6 Å². The average Bonchev–Trinajstić information content (AvgIpc) is 2.55.